The molecule has 0 spiro atoms. The molecule has 1 aliphatic heterocycles. The number of Topliss-reactive ketones (excluding diaryl/α,β-unsaturated/α-hetero) is 1. The van der Waals surface area contributed by atoms with Crippen LogP contribution in [0.5, 0.6) is 5.75 Å². The minimum atomic E-state index is -0.820. The molecule has 0 bridgehead atoms. The summed E-state index contributed by atoms with van der Waals surface area (Å²) in [6.07, 6.45) is 3.18. The van der Waals surface area contributed by atoms with E-state index in [1.54, 1.807) is 48.5 Å². The van der Waals surface area contributed by atoms with Gasteiger partial charge in [0, 0.05) is 35.1 Å². The van der Waals surface area contributed by atoms with E-state index in [0.717, 1.165) is 38.0 Å². The quantitative estimate of drug-likeness (QED) is 0.118. The molecule has 4 rings (SSSR count). The molecule has 1 N–H and O–H groups in total. The van der Waals surface area contributed by atoms with Gasteiger partial charge >= 0.3 is 0 Å². The lowest BCUT2D eigenvalue weighted by atomic mass is 9.94. The Morgan fingerprint density at radius 1 is 0.949 bits per heavy atom. The van der Waals surface area contributed by atoms with Crippen LogP contribution in [-0.4, -0.2) is 36.5 Å². The number of rotatable bonds is 11. The van der Waals surface area contributed by atoms with Crippen molar-refractivity contribution >= 4 is 40.4 Å². The van der Waals surface area contributed by atoms with Crippen molar-refractivity contribution < 1.29 is 19.4 Å². The van der Waals surface area contributed by atoms with E-state index in [2.05, 4.69) is 25.7 Å². The van der Waals surface area contributed by atoms with Crippen molar-refractivity contribution in [2.24, 2.45) is 0 Å². The summed E-state index contributed by atoms with van der Waals surface area (Å²) in [5, 5.41) is 11.9. The second-order valence-corrected chi connectivity index (χ2v) is 9.93. The number of benzene rings is 3. The summed E-state index contributed by atoms with van der Waals surface area (Å²) < 4.78 is 5.79. The summed E-state index contributed by atoms with van der Waals surface area (Å²) in [6.45, 7) is 8.65. The van der Waals surface area contributed by atoms with Crippen molar-refractivity contribution in [3.05, 3.63) is 94.5 Å². The smallest absolute Gasteiger partial charge is 0.300 e. The molecule has 39 heavy (non-hydrogen) atoms. The number of aliphatic hydroxyl groups excluding tert-OH is 1. The Balaban J connectivity index is 1.76. The topological polar surface area (TPSA) is 70.1 Å². The van der Waals surface area contributed by atoms with Crippen LogP contribution in [0.1, 0.15) is 57.2 Å². The SMILES string of the molecule is CCCCCOc1ccc(/C(O)=C2\C(=O)C(=O)N(c3cccc(Cl)c3)C2c2ccc(N(CC)CC)cc2)cc1. The summed E-state index contributed by atoms with van der Waals surface area (Å²) in [6, 6.07) is 20.7. The lowest BCUT2D eigenvalue weighted by Gasteiger charge is -2.27. The highest BCUT2D eigenvalue weighted by Gasteiger charge is 2.47. The summed E-state index contributed by atoms with van der Waals surface area (Å²) in [5.41, 5.74) is 2.70. The molecule has 6 nitrogen and oxygen atoms in total. The average Bonchev–Trinajstić information content (AvgIpc) is 3.22. The third kappa shape index (κ3) is 6.12. The maximum Gasteiger partial charge on any atom is 0.300 e. The van der Waals surface area contributed by atoms with E-state index < -0.39 is 17.7 Å². The van der Waals surface area contributed by atoms with Crippen LogP contribution in [0.3, 0.4) is 0 Å². The zero-order valence-electron chi connectivity index (χ0n) is 22.7. The zero-order chi connectivity index (χ0) is 27.9. The van der Waals surface area contributed by atoms with E-state index in [4.69, 9.17) is 16.3 Å². The molecule has 1 unspecified atom stereocenters. The molecule has 1 amide bonds. The Morgan fingerprint density at radius 2 is 1.64 bits per heavy atom. The number of ether oxygens (including phenoxy) is 1. The molecule has 7 heteroatoms. The van der Waals surface area contributed by atoms with Gasteiger partial charge in [-0.25, -0.2) is 0 Å². The van der Waals surface area contributed by atoms with E-state index in [1.165, 1.54) is 4.90 Å². The fourth-order valence-corrected chi connectivity index (χ4v) is 5.09. The van der Waals surface area contributed by atoms with Crippen LogP contribution in [0, 0.1) is 0 Å². The number of hydrogen-bond acceptors (Lipinski definition) is 5. The Hall–Kier alpha value is -3.77. The Morgan fingerprint density at radius 3 is 2.26 bits per heavy atom. The van der Waals surface area contributed by atoms with E-state index in [9.17, 15) is 14.7 Å². The molecule has 1 aliphatic rings. The van der Waals surface area contributed by atoms with Crippen molar-refractivity contribution in [1.29, 1.82) is 0 Å². The van der Waals surface area contributed by atoms with E-state index in [0.29, 0.717) is 34.2 Å². The van der Waals surface area contributed by atoms with Gasteiger partial charge in [-0.1, -0.05) is 49.6 Å². The number of nitrogens with zero attached hydrogens (tertiary/aromatic N) is 2. The van der Waals surface area contributed by atoms with Gasteiger partial charge < -0.3 is 14.7 Å². The van der Waals surface area contributed by atoms with Crippen LogP contribution in [0.25, 0.3) is 5.76 Å². The van der Waals surface area contributed by atoms with Crippen molar-refractivity contribution in [2.45, 2.75) is 46.1 Å². The van der Waals surface area contributed by atoms with E-state index in [-0.39, 0.29) is 11.3 Å². The lowest BCUT2D eigenvalue weighted by molar-refractivity contribution is -0.132. The highest BCUT2D eigenvalue weighted by atomic mass is 35.5. The van der Waals surface area contributed by atoms with E-state index in [1.807, 2.05) is 24.3 Å². The molecule has 1 heterocycles. The fraction of sp³-hybridized carbons (Fsp3) is 0.312. The predicted octanol–water partition coefficient (Wildman–Crippen LogP) is 7.38. The van der Waals surface area contributed by atoms with Gasteiger partial charge in [-0.05, 0) is 80.4 Å². The number of halogens is 1. The van der Waals surface area contributed by atoms with Gasteiger partial charge in [0.2, 0.25) is 0 Å². The van der Waals surface area contributed by atoms with Gasteiger partial charge in [0.25, 0.3) is 11.7 Å². The molecule has 1 fully saturated rings. The number of amides is 1. The lowest BCUT2D eigenvalue weighted by Crippen LogP contribution is -2.29. The molecule has 1 atom stereocenters. The van der Waals surface area contributed by atoms with Gasteiger partial charge in [-0.15, -0.1) is 0 Å². The Labute approximate surface area is 235 Å². The van der Waals surface area contributed by atoms with Crippen LogP contribution >= 0.6 is 11.6 Å². The summed E-state index contributed by atoms with van der Waals surface area (Å²) in [7, 11) is 0. The van der Waals surface area contributed by atoms with Gasteiger partial charge in [0.15, 0.2) is 0 Å². The highest BCUT2D eigenvalue weighted by Crippen LogP contribution is 2.43. The first kappa shape index (κ1) is 28.2. The second-order valence-electron chi connectivity index (χ2n) is 9.49. The number of ketones is 1. The maximum atomic E-state index is 13.4. The summed E-state index contributed by atoms with van der Waals surface area (Å²) in [4.78, 5) is 30.5. The summed E-state index contributed by atoms with van der Waals surface area (Å²) >= 11 is 6.25. The second kappa shape index (κ2) is 12.9. The molecule has 0 aliphatic carbocycles. The monoisotopic (exact) mass is 546 g/mol. The van der Waals surface area contributed by atoms with Crippen molar-refractivity contribution in [1.82, 2.24) is 0 Å². The Kier molecular flexibility index (Phi) is 9.31. The molecule has 0 saturated carbocycles. The molecule has 0 aromatic heterocycles. The van der Waals surface area contributed by atoms with E-state index >= 15 is 0 Å². The third-order valence-electron chi connectivity index (χ3n) is 7.01. The minimum absolute atomic E-state index is 0.0344. The molecule has 1 saturated heterocycles. The highest BCUT2D eigenvalue weighted by molar-refractivity contribution is 6.51. The van der Waals surface area contributed by atoms with Gasteiger partial charge in [0.1, 0.15) is 11.5 Å². The number of unbranched alkanes of at least 4 members (excludes halogenated alkanes) is 2. The number of anilines is 2. The van der Waals surface area contributed by atoms with Gasteiger partial charge in [-0.3, -0.25) is 14.5 Å². The van der Waals surface area contributed by atoms with Gasteiger partial charge in [-0.2, -0.15) is 0 Å². The average molecular weight is 547 g/mol. The van der Waals surface area contributed by atoms with Crippen LogP contribution in [-0.2, 0) is 9.59 Å². The number of carbonyl (C=O) groups excluding carboxylic acids is 2. The summed E-state index contributed by atoms with van der Waals surface area (Å²) in [5.74, 6) is -1.00. The molecule has 3 aromatic rings. The minimum Gasteiger partial charge on any atom is -0.507 e. The number of carbonyl (C=O) groups is 2. The first-order chi connectivity index (χ1) is 18.9. The molecule has 3 aromatic carbocycles. The molecule has 204 valence electrons. The molecule has 0 radical (unpaired) electrons. The van der Waals surface area contributed by atoms with Crippen LogP contribution in [0.15, 0.2) is 78.4 Å². The molecular formula is C32H35ClN2O4. The largest absolute Gasteiger partial charge is 0.507 e. The predicted molar refractivity (Wildman–Crippen MR) is 158 cm³/mol. The molecular weight excluding hydrogens is 512 g/mol. The van der Waals surface area contributed by atoms with Gasteiger partial charge in [0.05, 0.1) is 18.2 Å². The van der Waals surface area contributed by atoms with Crippen LogP contribution < -0.4 is 14.5 Å². The normalized spacial score (nSPS) is 16.5. The van der Waals surface area contributed by atoms with Crippen LogP contribution in [0.2, 0.25) is 5.02 Å². The first-order valence-electron chi connectivity index (χ1n) is 13.5. The maximum absolute atomic E-state index is 13.4. The van der Waals surface area contributed by atoms with Crippen LogP contribution in [0.4, 0.5) is 11.4 Å². The van der Waals surface area contributed by atoms with Crippen molar-refractivity contribution in [3.8, 4) is 5.75 Å². The Bertz CT molecular complexity index is 1330. The third-order valence-corrected chi connectivity index (χ3v) is 7.25. The first-order valence-corrected chi connectivity index (χ1v) is 13.9. The standard InChI is InChI=1S/C32H35ClN2O4/c1-4-7-8-20-39-27-18-14-23(15-19-27)30(36)28-29(22-12-16-25(17-13-22)34(5-2)6-3)35(32(38)31(28)37)26-11-9-10-24(33)21-26/h9-19,21,29,36H,4-8,20H2,1-3H3/b30-28+. The van der Waals surface area contributed by atoms with Crippen molar-refractivity contribution in [3.63, 3.8) is 0 Å². The number of aliphatic hydroxyl groups is 1. The number of hydrogen-bond donors (Lipinski definition) is 1. The fourth-order valence-electron chi connectivity index (χ4n) is 4.90. The van der Waals surface area contributed by atoms with Crippen molar-refractivity contribution in [2.75, 3.05) is 29.5 Å². The zero-order valence-corrected chi connectivity index (χ0v) is 23.4.